The maximum atomic E-state index is 12.2. The van der Waals surface area contributed by atoms with Crippen LogP contribution in [0.15, 0.2) is 65.8 Å². The van der Waals surface area contributed by atoms with Gasteiger partial charge in [0.25, 0.3) is 0 Å². The van der Waals surface area contributed by atoms with Crippen LogP contribution in [0.25, 0.3) is 0 Å². The van der Waals surface area contributed by atoms with Crippen molar-refractivity contribution >= 4 is 34.0 Å². The molecule has 0 bridgehead atoms. The topological polar surface area (TPSA) is 99.2 Å². The summed E-state index contributed by atoms with van der Waals surface area (Å²) in [5, 5.41) is 4.58. The monoisotopic (exact) mass is 484 g/mol. The maximum Gasteiger partial charge on any atom is 0.243 e. The molecule has 2 aromatic carbocycles. The van der Waals surface area contributed by atoms with Gasteiger partial charge in [-0.2, -0.15) is 5.10 Å². The molecule has 3 N–H and O–H groups in total. The Morgan fingerprint density at radius 3 is 2.61 bits per heavy atom. The molecule has 1 heterocycles. The molecular weight excluding hydrogens is 459 g/mol. The second-order valence-electron chi connectivity index (χ2n) is 6.93. The number of benzene rings is 2. The van der Waals surface area contributed by atoms with Gasteiger partial charge in [0.15, 0.2) is 0 Å². The van der Waals surface area contributed by atoms with Crippen LogP contribution in [0.5, 0.6) is 5.75 Å². The first-order chi connectivity index (χ1) is 14.4. The minimum atomic E-state index is -3.60. The van der Waals surface area contributed by atoms with E-state index in [1.807, 2.05) is 48.5 Å². The average molecular weight is 485 g/mol. The zero-order valence-corrected chi connectivity index (χ0v) is 19.5. The van der Waals surface area contributed by atoms with Gasteiger partial charge in [0.2, 0.25) is 10.0 Å². The molecule has 0 aliphatic carbocycles. The van der Waals surface area contributed by atoms with E-state index >= 15 is 0 Å². The summed E-state index contributed by atoms with van der Waals surface area (Å²) in [5.74, 6) is 0.807. The lowest BCUT2D eigenvalue weighted by atomic mass is 9.92. The third kappa shape index (κ3) is 7.22. The lowest BCUT2D eigenvalue weighted by molar-refractivity contribution is 0.322. The first kappa shape index (κ1) is 25.2. The molecular formula is C21H26Cl2N4O3S. The number of sulfonamides is 1. The van der Waals surface area contributed by atoms with E-state index in [-0.39, 0.29) is 36.4 Å². The molecule has 10 heteroatoms. The fraction of sp³-hybridized carbons (Fsp3) is 0.286. The third-order valence-corrected chi connectivity index (χ3v) is 6.33. The zero-order chi connectivity index (χ0) is 21.6. The van der Waals surface area contributed by atoms with Crippen molar-refractivity contribution in [1.82, 2.24) is 14.5 Å². The Labute approximate surface area is 194 Å². The summed E-state index contributed by atoms with van der Waals surface area (Å²) in [6, 6.07) is 15.5. The highest BCUT2D eigenvalue weighted by Crippen LogP contribution is 2.24. The van der Waals surface area contributed by atoms with Gasteiger partial charge < -0.3 is 10.5 Å². The minimum absolute atomic E-state index is 0. The summed E-state index contributed by atoms with van der Waals surface area (Å²) in [4.78, 5) is 0.125. The predicted octanol–water partition coefficient (Wildman–Crippen LogP) is 3.14. The van der Waals surface area contributed by atoms with Gasteiger partial charge >= 0.3 is 0 Å². The number of rotatable bonds is 10. The molecule has 0 radical (unpaired) electrons. The Kier molecular flexibility index (Phi) is 9.33. The molecule has 0 aliphatic heterocycles. The van der Waals surface area contributed by atoms with Crippen molar-refractivity contribution in [3.63, 3.8) is 0 Å². The molecule has 3 aromatic rings. The molecule has 0 saturated heterocycles. The van der Waals surface area contributed by atoms with Gasteiger partial charge in [-0.05, 0) is 48.4 Å². The fourth-order valence-corrected chi connectivity index (χ4v) is 4.19. The van der Waals surface area contributed by atoms with Crippen LogP contribution >= 0.6 is 24.0 Å². The Balaban J connectivity index is 0.00000341. The van der Waals surface area contributed by atoms with Crippen molar-refractivity contribution in [3.05, 3.63) is 77.1 Å². The molecule has 1 atom stereocenters. The van der Waals surface area contributed by atoms with Gasteiger partial charge in [0.1, 0.15) is 17.3 Å². The predicted molar refractivity (Wildman–Crippen MR) is 125 cm³/mol. The minimum Gasteiger partial charge on any atom is -0.492 e. The second kappa shape index (κ2) is 11.5. The summed E-state index contributed by atoms with van der Waals surface area (Å²) in [5.41, 5.74) is 8.24. The Morgan fingerprint density at radius 2 is 1.97 bits per heavy atom. The van der Waals surface area contributed by atoms with Gasteiger partial charge in [-0.3, -0.25) is 4.68 Å². The van der Waals surface area contributed by atoms with Crippen LogP contribution in [-0.2, 0) is 23.5 Å². The van der Waals surface area contributed by atoms with Crippen molar-refractivity contribution in [2.45, 2.75) is 17.2 Å². The van der Waals surface area contributed by atoms with Gasteiger partial charge in [-0.25, -0.2) is 13.1 Å². The van der Waals surface area contributed by atoms with Gasteiger partial charge in [-0.15, -0.1) is 12.4 Å². The number of aryl methyl sites for hydroxylation is 1. The highest BCUT2D eigenvalue weighted by Gasteiger charge is 2.15. The lowest BCUT2D eigenvalue weighted by Gasteiger charge is -2.17. The summed E-state index contributed by atoms with van der Waals surface area (Å²) in [6.45, 7) is 0.844. The smallest absolute Gasteiger partial charge is 0.243 e. The van der Waals surface area contributed by atoms with Crippen molar-refractivity contribution < 1.29 is 13.2 Å². The van der Waals surface area contributed by atoms with E-state index in [1.165, 1.54) is 17.1 Å². The highest BCUT2D eigenvalue weighted by atomic mass is 35.5. The van der Waals surface area contributed by atoms with Crippen LogP contribution in [0.1, 0.15) is 17.0 Å². The molecule has 1 aromatic heterocycles. The normalized spacial score (nSPS) is 12.2. The van der Waals surface area contributed by atoms with Crippen LogP contribution in [0.2, 0.25) is 5.02 Å². The third-order valence-electron chi connectivity index (χ3n) is 4.66. The first-order valence-corrected chi connectivity index (χ1v) is 11.4. The number of hydrogen-bond acceptors (Lipinski definition) is 5. The van der Waals surface area contributed by atoms with Crippen LogP contribution in [0.3, 0.4) is 0 Å². The van der Waals surface area contributed by atoms with Crippen LogP contribution in [-0.4, -0.2) is 37.9 Å². The van der Waals surface area contributed by atoms with E-state index in [0.29, 0.717) is 17.3 Å². The summed E-state index contributed by atoms with van der Waals surface area (Å²) in [6.07, 6.45) is 3.54. The summed E-state index contributed by atoms with van der Waals surface area (Å²) in [7, 11) is -1.93. The largest absolute Gasteiger partial charge is 0.492 e. The number of hydrogen-bond donors (Lipinski definition) is 2. The highest BCUT2D eigenvalue weighted by molar-refractivity contribution is 7.89. The van der Waals surface area contributed by atoms with E-state index in [2.05, 4.69) is 9.82 Å². The van der Waals surface area contributed by atoms with Gasteiger partial charge in [0, 0.05) is 30.7 Å². The Morgan fingerprint density at radius 1 is 1.23 bits per heavy atom. The van der Waals surface area contributed by atoms with E-state index in [1.54, 1.807) is 7.05 Å². The number of nitrogens with one attached hydrogen (secondary N) is 1. The van der Waals surface area contributed by atoms with E-state index in [0.717, 1.165) is 17.5 Å². The fourth-order valence-electron chi connectivity index (χ4n) is 3.07. The first-order valence-electron chi connectivity index (χ1n) is 9.53. The second-order valence-corrected chi connectivity index (χ2v) is 9.14. The van der Waals surface area contributed by atoms with Crippen LogP contribution in [0, 0.1) is 0 Å². The van der Waals surface area contributed by atoms with Crippen molar-refractivity contribution in [2.24, 2.45) is 12.8 Å². The number of halogens is 2. The van der Waals surface area contributed by atoms with E-state index < -0.39 is 10.0 Å². The molecule has 3 rings (SSSR count). The molecule has 1 unspecified atom stereocenters. The van der Waals surface area contributed by atoms with E-state index in [4.69, 9.17) is 22.1 Å². The van der Waals surface area contributed by atoms with Crippen LogP contribution in [0.4, 0.5) is 0 Å². The number of ether oxygens (including phenoxy) is 1. The zero-order valence-electron chi connectivity index (χ0n) is 17.1. The number of nitrogens with two attached hydrogens (primary N) is 1. The quantitative estimate of drug-likeness (QED) is 0.430. The van der Waals surface area contributed by atoms with Gasteiger partial charge in [0.05, 0.1) is 6.20 Å². The van der Waals surface area contributed by atoms with Gasteiger partial charge in [-0.1, -0.05) is 35.9 Å². The lowest BCUT2D eigenvalue weighted by Crippen LogP contribution is -2.28. The standard InChI is InChI=1S/C21H25ClN4O3S.ClH/c1-26-15-21(14-24-26)30(27,28)25-9-10-29-20-4-2-3-17(12-20)18(13-23)11-16-5-7-19(22)8-6-16;/h2-8,12,14-15,18,25H,9-11,13,23H2,1H3;1H. The molecule has 168 valence electrons. The van der Waals surface area contributed by atoms with Crippen molar-refractivity contribution in [3.8, 4) is 5.75 Å². The molecule has 0 aliphatic rings. The van der Waals surface area contributed by atoms with E-state index in [9.17, 15) is 8.42 Å². The molecule has 0 spiro atoms. The molecule has 0 amide bonds. The van der Waals surface area contributed by atoms with Crippen molar-refractivity contribution in [2.75, 3.05) is 19.7 Å². The SMILES string of the molecule is Cl.Cn1cc(S(=O)(=O)NCCOc2cccc(C(CN)Cc3ccc(Cl)cc3)c2)cn1. The number of aromatic nitrogens is 2. The average Bonchev–Trinajstić information content (AvgIpc) is 3.18. The Hall–Kier alpha value is -2.10. The molecule has 0 fully saturated rings. The summed E-state index contributed by atoms with van der Waals surface area (Å²) < 4.78 is 34.1. The van der Waals surface area contributed by atoms with Crippen molar-refractivity contribution in [1.29, 1.82) is 0 Å². The maximum absolute atomic E-state index is 12.2. The Bertz CT molecular complexity index is 1070. The molecule has 7 nitrogen and oxygen atoms in total. The molecule has 31 heavy (non-hydrogen) atoms. The van der Waals surface area contributed by atoms with Crippen LogP contribution < -0.4 is 15.2 Å². The summed E-state index contributed by atoms with van der Waals surface area (Å²) >= 11 is 5.96. The number of nitrogens with zero attached hydrogens (tertiary/aromatic N) is 2. The molecule has 0 saturated carbocycles.